The highest BCUT2D eigenvalue weighted by Crippen LogP contribution is 2.30. The van der Waals surface area contributed by atoms with Gasteiger partial charge >= 0.3 is 0 Å². The van der Waals surface area contributed by atoms with E-state index in [9.17, 15) is 10.1 Å². The average Bonchev–Trinajstić information content (AvgIpc) is 3.17. The van der Waals surface area contributed by atoms with Crippen molar-refractivity contribution in [2.24, 2.45) is 0 Å². The lowest BCUT2D eigenvalue weighted by molar-refractivity contribution is -0.384. The van der Waals surface area contributed by atoms with E-state index in [4.69, 9.17) is 9.26 Å². The SMILES string of the molecule is C[Si](C)(C)CCOCn1nc(-c2ccno2)c2cc([N+](=O)[O-])ccc21. The third-order valence-electron chi connectivity index (χ3n) is 3.83. The van der Waals surface area contributed by atoms with Crippen molar-refractivity contribution in [3.05, 3.63) is 40.6 Å². The van der Waals surface area contributed by atoms with Crippen molar-refractivity contribution in [2.75, 3.05) is 6.61 Å². The van der Waals surface area contributed by atoms with Gasteiger partial charge in [0, 0.05) is 38.3 Å². The maximum atomic E-state index is 11.1. The summed E-state index contributed by atoms with van der Waals surface area (Å²) in [5.74, 6) is 0.464. The number of nitro groups is 1. The molecule has 0 bridgehead atoms. The van der Waals surface area contributed by atoms with Crippen LogP contribution in [0.1, 0.15) is 0 Å². The molecule has 0 radical (unpaired) electrons. The van der Waals surface area contributed by atoms with Gasteiger partial charge in [-0.15, -0.1) is 0 Å². The molecule has 3 aromatic rings. The molecule has 132 valence electrons. The summed E-state index contributed by atoms with van der Waals surface area (Å²) in [6, 6.07) is 7.39. The number of nitro benzene ring substituents is 1. The fraction of sp³-hybridized carbons (Fsp3) is 0.375. The second-order valence-electron chi connectivity index (χ2n) is 7.03. The Morgan fingerprint density at radius 2 is 2.12 bits per heavy atom. The molecule has 9 heteroatoms. The molecular weight excluding hydrogens is 340 g/mol. The standard InChI is InChI=1S/C16H20N4O4Si/c1-25(2,3)9-8-23-11-19-14-5-4-12(20(21)22)10-13(14)16(18-19)15-6-7-17-24-15/h4-7,10H,8-9,11H2,1-3H3. The zero-order valence-electron chi connectivity index (χ0n) is 14.4. The number of benzene rings is 1. The second kappa shape index (κ2) is 6.77. The highest BCUT2D eigenvalue weighted by molar-refractivity contribution is 6.76. The van der Waals surface area contributed by atoms with Crippen LogP contribution in [0.4, 0.5) is 5.69 Å². The van der Waals surface area contributed by atoms with Crippen molar-refractivity contribution >= 4 is 24.7 Å². The molecule has 0 aliphatic heterocycles. The molecule has 0 unspecified atom stereocenters. The summed E-state index contributed by atoms with van der Waals surface area (Å²) in [6.07, 6.45) is 1.52. The van der Waals surface area contributed by atoms with Crippen molar-refractivity contribution in [1.82, 2.24) is 14.9 Å². The van der Waals surface area contributed by atoms with Crippen molar-refractivity contribution in [1.29, 1.82) is 0 Å². The monoisotopic (exact) mass is 360 g/mol. The lowest BCUT2D eigenvalue weighted by Gasteiger charge is -2.15. The summed E-state index contributed by atoms with van der Waals surface area (Å²) in [7, 11) is -1.16. The molecule has 0 aliphatic rings. The van der Waals surface area contributed by atoms with Crippen molar-refractivity contribution in [3.8, 4) is 11.5 Å². The Hall–Kier alpha value is -2.52. The molecule has 0 aliphatic carbocycles. The van der Waals surface area contributed by atoms with E-state index < -0.39 is 13.0 Å². The number of hydrogen-bond acceptors (Lipinski definition) is 6. The number of aromatic nitrogens is 3. The van der Waals surface area contributed by atoms with E-state index in [1.54, 1.807) is 16.8 Å². The van der Waals surface area contributed by atoms with Gasteiger partial charge in [0.1, 0.15) is 12.4 Å². The first-order chi connectivity index (χ1) is 11.8. The molecule has 0 N–H and O–H groups in total. The number of hydrogen-bond donors (Lipinski definition) is 0. The fourth-order valence-corrected chi connectivity index (χ4v) is 3.19. The first-order valence-corrected chi connectivity index (χ1v) is 11.7. The van der Waals surface area contributed by atoms with Gasteiger partial charge < -0.3 is 9.26 Å². The predicted molar refractivity (Wildman–Crippen MR) is 96.0 cm³/mol. The largest absolute Gasteiger partial charge is 0.360 e. The van der Waals surface area contributed by atoms with Gasteiger partial charge in [0.15, 0.2) is 5.76 Å². The maximum absolute atomic E-state index is 11.1. The van der Waals surface area contributed by atoms with Gasteiger partial charge in [-0.1, -0.05) is 24.8 Å². The third-order valence-corrected chi connectivity index (χ3v) is 5.53. The van der Waals surface area contributed by atoms with E-state index >= 15 is 0 Å². The smallest absolute Gasteiger partial charge is 0.270 e. The molecule has 0 fully saturated rings. The van der Waals surface area contributed by atoms with E-state index in [0.29, 0.717) is 23.4 Å². The zero-order chi connectivity index (χ0) is 18.0. The lowest BCUT2D eigenvalue weighted by Crippen LogP contribution is -2.22. The van der Waals surface area contributed by atoms with Crippen LogP contribution in [-0.2, 0) is 11.5 Å². The molecule has 0 amide bonds. The summed E-state index contributed by atoms with van der Waals surface area (Å²) in [5.41, 5.74) is 1.28. The van der Waals surface area contributed by atoms with E-state index in [-0.39, 0.29) is 12.4 Å². The predicted octanol–water partition coefficient (Wildman–Crippen LogP) is 3.91. The molecule has 2 aromatic heterocycles. The number of ether oxygens (including phenoxy) is 1. The van der Waals surface area contributed by atoms with Crippen LogP contribution in [0.2, 0.25) is 25.7 Å². The van der Waals surface area contributed by atoms with Gasteiger partial charge in [-0.25, -0.2) is 4.68 Å². The van der Waals surface area contributed by atoms with Gasteiger partial charge in [-0.3, -0.25) is 10.1 Å². The highest BCUT2D eigenvalue weighted by Gasteiger charge is 2.19. The number of rotatable bonds is 7. The van der Waals surface area contributed by atoms with Crippen LogP contribution >= 0.6 is 0 Å². The van der Waals surface area contributed by atoms with E-state index in [1.165, 1.54) is 18.3 Å². The van der Waals surface area contributed by atoms with Crippen molar-refractivity contribution < 1.29 is 14.2 Å². The molecule has 25 heavy (non-hydrogen) atoms. The molecule has 3 rings (SSSR count). The molecule has 8 nitrogen and oxygen atoms in total. The van der Waals surface area contributed by atoms with Crippen LogP contribution in [-0.4, -0.2) is 34.5 Å². The number of non-ortho nitro benzene ring substituents is 1. The van der Waals surface area contributed by atoms with E-state index in [0.717, 1.165) is 11.6 Å². The normalized spacial score (nSPS) is 12.0. The maximum Gasteiger partial charge on any atom is 0.270 e. The summed E-state index contributed by atoms with van der Waals surface area (Å²) >= 11 is 0. The average molecular weight is 360 g/mol. The molecule has 0 saturated heterocycles. The Balaban J connectivity index is 1.92. The van der Waals surface area contributed by atoms with Crippen molar-refractivity contribution in [3.63, 3.8) is 0 Å². The van der Waals surface area contributed by atoms with Crippen LogP contribution in [0, 0.1) is 10.1 Å². The minimum atomic E-state index is -1.16. The van der Waals surface area contributed by atoms with E-state index in [1.807, 2.05) is 0 Å². The van der Waals surface area contributed by atoms with Crippen LogP contribution in [0.3, 0.4) is 0 Å². The van der Waals surface area contributed by atoms with Gasteiger partial charge in [0.05, 0.1) is 16.6 Å². The summed E-state index contributed by atoms with van der Waals surface area (Å²) in [6.45, 7) is 7.83. The Morgan fingerprint density at radius 3 is 2.76 bits per heavy atom. The van der Waals surface area contributed by atoms with Crippen LogP contribution in [0.15, 0.2) is 35.0 Å². The van der Waals surface area contributed by atoms with Crippen LogP contribution < -0.4 is 0 Å². The van der Waals surface area contributed by atoms with Gasteiger partial charge in [-0.2, -0.15) is 5.10 Å². The number of fused-ring (bicyclic) bond motifs is 1. The Labute approximate surface area is 145 Å². The minimum Gasteiger partial charge on any atom is -0.360 e. The topological polar surface area (TPSA) is 96.2 Å². The van der Waals surface area contributed by atoms with E-state index in [2.05, 4.69) is 29.9 Å². The number of nitrogens with zero attached hydrogens (tertiary/aromatic N) is 4. The first-order valence-electron chi connectivity index (χ1n) is 7.99. The minimum absolute atomic E-state index is 0.00691. The van der Waals surface area contributed by atoms with Crippen LogP contribution in [0.25, 0.3) is 22.4 Å². The Morgan fingerprint density at radius 1 is 1.32 bits per heavy atom. The summed E-state index contributed by atoms with van der Waals surface area (Å²) in [5, 5.41) is 19.9. The Kier molecular flexibility index (Phi) is 4.68. The zero-order valence-corrected chi connectivity index (χ0v) is 15.4. The van der Waals surface area contributed by atoms with Crippen molar-refractivity contribution in [2.45, 2.75) is 32.4 Å². The summed E-state index contributed by atoms with van der Waals surface area (Å²) < 4.78 is 12.6. The molecular formula is C16H20N4O4Si. The van der Waals surface area contributed by atoms with Gasteiger partial charge in [0.25, 0.3) is 5.69 Å². The lowest BCUT2D eigenvalue weighted by atomic mass is 10.1. The highest BCUT2D eigenvalue weighted by atomic mass is 28.3. The quantitative estimate of drug-likeness (QED) is 0.274. The van der Waals surface area contributed by atoms with Gasteiger partial charge in [0.2, 0.25) is 0 Å². The molecule has 0 saturated carbocycles. The first kappa shape index (κ1) is 17.3. The molecule has 2 heterocycles. The summed E-state index contributed by atoms with van der Waals surface area (Å²) in [4.78, 5) is 10.7. The second-order valence-corrected chi connectivity index (χ2v) is 12.7. The fourth-order valence-electron chi connectivity index (χ4n) is 2.43. The molecule has 0 atom stereocenters. The molecule has 0 spiro atoms. The van der Waals surface area contributed by atoms with Crippen LogP contribution in [0.5, 0.6) is 0 Å². The Bertz CT molecular complexity index is 884. The third kappa shape index (κ3) is 3.94. The molecule has 1 aromatic carbocycles. The van der Waals surface area contributed by atoms with Gasteiger partial charge in [-0.05, 0) is 12.1 Å².